The number of pyridine rings is 1. The maximum atomic E-state index is 11.3. The Morgan fingerprint density at radius 3 is 3.00 bits per heavy atom. The number of ether oxygens (including phenoxy) is 1. The van der Waals surface area contributed by atoms with E-state index in [1.807, 2.05) is 13.0 Å². The van der Waals surface area contributed by atoms with E-state index in [2.05, 4.69) is 9.72 Å². The summed E-state index contributed by atoms with van der Waals surface area (Å²) in [6, 6.07) is 1.94. The Morgan fingerprint density at radius 2 is 2.33 bits per heavy atom. The minimum absolute atomic E-state index is 0.306. The Labute approximate surface area is 92.7 Å². The summed E-state index contributed by atoms with van der Waals surface area (Å²) in [6.07, 6.45) is 2.32. The SMILES string of the molecule is COC(=O)C1=Cc2c(cc(C)nc2Cl)C1. The Morgan fingerprint density at radius 1 is 1.60 bits per heavy atom. The average Bonchev–Trinajstić information content (AvgIpc) is 2.60. The van der Waals surface area contributed by atoms with Gasteiger partial charge in [-0.15, -0.1) is 0 Å². The van der Waals surface area contributed by atoms with E-state index in [1.165, 1.54) is 7.11 Å². The normalized spacial score (nSPS) is 13.4. The second kappa shape index (κ2) is 3.66. The van der Waals surface area contributed by atoms with Crippen LogP contribution in [0.2, 0.25) is 5.15 Å². The Hall–Kier alpha value is -1.35. The lowest BCUT2D eigenvalue weighted by atomic mass is 10.1. The van der Waals surface area contributed by atoms with Gasteiger partial charge in [0, 0.05) is 23.3 Å². The standard InChI is InChI=1S/C11H10ClNO2/c1-6-3-7-4-8(11(14)15-2)5-9(7)10(12)13-6/h3,5H,4H2,1-2H3. The van der Waals surface area contributed by atoms with Crippen molar-refractivity contribution in [1.82, 2.24) is 4.98 Å². The number of carbonyl (C=O) groups excluding carboxylic acids is 1. The molecule has 0 saturated carbocycles. The zero-order valence-electron chi connectivity index (χ0n) is 8.50. The van der Waals surface area contributed by atoms with E-state index < -0.39 is 0 Å². The largest absolute Gasteiger partial charge is 0.466 e. The first-order chi connectivity index (χ1) is 7.11. The molecular formula is C11H10ClNO2. The van der Waals surface area contributed by atoms with Crippen LogP contribution in [-0.4, -0.2) is 18.1 Å². The number of aromatic nitrogens is 1. The molecule has 2 rings (SSSR count). The average molecular weight is 224 g/mol. The zero-order chi connectivity index (χ0) is 11.0. The first-order valence-electron chi connectivity index (χ1n) is 4.56. The van der Waals surface area contributed by atoms with Crippen molar-refractivity contribution >= 4 is 23.6 Å². The maximum Gasteiger partial charge on any atom is 0.334 e. The first kappa shape index (κ1) is 10.2. The van der Waals surface area contributed by atoms with Crippen molar-refractivity contribution in [3.8, 4) is 0 Å². The first-order valence-corrected chi connectivity index (χ1v) is 4.94. The van der Waals surface area contributed by atoms with Crippen LogP contribution in [0, 0.1) is 6.92 Å². The van der Waals surface area contributed by atoms with Crippen LogP contribution in [0.15, 0.2) is 11.6 Å². The van der Waals surface area contributed by atoms with Crippen LogP contribution in [0.5, 0.6) is 0 Å². The molecule has 0 bridgehead atoms. The van der Waals surface area contributed by atoms with Gasteiger partial charge in [-0.2, -0.15) is 0 Å². The van der Waals surface area contributed by atoms with Crippen LogP contribution in [-0.2, 0) is 16.0 Å². The summed E-state index contributed by atoms with van der Waals surface area (Å²) < 4.78 is 4.66. The van der Waals surface area contributed by atoms with Crippen LogP contribution >= 0.6 is 11.6 Å². The topological polar surface area (TPSA) is 39.2 Å². The Bertz CT molecular complexity index is 466. The van der Waals surface area contributed by atoms with Gasteiger partial charge in [0.15, 0.2) is 0 Å². The van der Waals surface area contributed by atoms with E-state index in [9.17, 15) is 4.79 Å². The van der Waals surface area contributed by atoms with E-state index in [1.54, 1.807) is 6.08 Å². The van der Waals surface area contributed by atoms with Crippen molar-refractivity contribution in [3.63, 3.8) is 0 Å². The van der Waals surface area contributed by atoms with Crippen LogP contribution < -0.4 is 0 Å². The molecule has 0 atom stereocenters. The van der Waals surface area contributed by atoms with E-state index in [4.69, 9.17) is 11.6 Å². The third-order valence-corrected chi connectivity index (χ3v) is 2.66. The van der Waals surface area contributed by atoms with Gasteiger partial charge in [-0.05, 0) is 24.6 Å². The van der Waals surface area contributed by atoms with Gasteiger partial charge in [0.2, 0.25) is 0 Å². The molecule has 0 spiro atoms. The molecule has 0 amide bonds. The third-order valence-electron chi connectivity index (χ3n) is 2.37. The molecule has 0 aromatic carbocycles. The van der Waals surface area contributed by atoms with Gasteiger partial charge in [0.1, 0.15) is 5.15 Å². The summed E-state index contributed by atoms with van der Waals surface area (Å²) in [6.45, 7) is 1.88. The fourth-order valence-corrected chi connectivity index (χ4v) is 2.01. The molecule has 0 aliphatic heterocycles. The van der Waals surface area contributed by atoms with Crippen LogP contribution in [0.4, 0.5) is 0 Å². The Balaban J connectivity index is 2.42. The molecule has 15 heavy (non-hydrogen) atoms. The molecule has 0 fully saturated rings. The highest BCUT2D eigenvalue weighted by atomic mass is 35.5. The van der Waals surface area contributed by atoms with Crippen molar-refractivity contribution in [3.05, 3.63) is 33.6 Å². The van der Waals surface area contributed by atoms with Crippen molar-refractivity contribution in [1.29, 1.82) is 0 Å². The highest BCUT2D eigenvalue weighted by Crippen LogP contribution is 2.30. The summed E-state index contributed by atoms with van der Waals surface area (Å²) in [5.74, 6) is -0.306. The monoisotopic (exact) mass is 223 g/mol. The number of aryl methyl sites for hydroxylation is 1. The molecular weight excluding hydrogens is 214 g/mol. The smallest absolute Gasteiger partial charge is 0.334 e. The van der Waals surface area contributed by atoms with Gasteiger partial charge in [-0.25, -0.2) is 9.78 Å². The summed E-state index contributed by atoms with van der Waals surface area (Å²) in [4.78, 5) is 15.5. The van der Waals surface area contributed by atoms with E-state index in [0.717, 1.165) is 16.8 Å². The maximum absolute atomic E-state index is 11.3. The van der Waals surface area contributed by atoms with E-state index in [-0.39, 0.29) is 5.97 Å². The number of nitrogens with zero attached hydrogens (tertiary/aromatic N) is 1. The highest BCUT2D eigenvalue weighted by Gasteiger charge is 2.21. The summed E-state index contributed by atoms with van der Waals surface area (Å²) in [7, 11) is 1.37. The minimum atomic E-state index is -0.306. The highest BCUT2D eigenvalue weighted by molar-refractivity contribution is 6.31. The van der Waals surface area contributed by atoms with Crippen molar-refractivity contribution in [2.24, 2.45) is 0 Å². The molecule has 4 heteroatoms. The summed E-state index contributed by atoms with van der Waals surface area (Å²) in [5.41, 5.74) is 3.36. The number of carbonyl (C=O) groups is 1. The van der Waals surface area contributed by atoms with Gasteiger partial charge >= 0.3 is 5.97 Å². The fraction of sp³-hybridized carbons (Fsp3) is 0.273. The lowest BCUT2D eigenvalue weighted by molar-refractivity contribution is -0.136. The van der Waals surface area contributed by atoms with Gasteiger partial charge in [-0.3, -0.25) is 0 Å². The predicted octanol–water partition coefficient (Wildman–Crippen LogP) is 2.16. The molecule has 78 valence electrons. The lowest BCUT2D eigenvalue weighted by Crippen LogP contribution is -2.04. The molecule has 1 aromatic rings. The molecule has 1 aliphatic rings. The van der Waals surface area contributed by atoms with Crippen LogP contribution in [0.3, 0.4) is 0 Å². The molecule has 1 aromatic heterocycles. The van der Waals surface area contributed by atoms with Crippen LogP contribution in [0.1, 0.15) is 16.8 Å². The number of esters is 1. The predicted molar refractivity (Wildman–Crippen MR) is 57.7 cm³/mol. The fourth-order valence-electron chi connectivity index (χ4n) is 1.70. The second-order valence-electron chi connectivity index (χ2n) is 3.47. The number of methoxy groups -OCH3 is 1. The van der Waals surface area contributed by atoms with Gasteiger partial charge in [0.25, 0.3) is 0 Å². The number of halogens is 1. The van der Waals surface area contributed by atoms with Gasteiger partial charge < -0.3 is 4.74 Å². The summed E-state index contributed by atoms with van der Waals surface area (Å²) in [5, 5.41) is 0.448. The number of hydrogen-bond donors (Lipinski definition) is 0. The van der Waals surface area contributed by atoms with Crippen molar-refractivity contribution in [2.45, 2.75) is 13.3 Å². The third kappa shape index (κ3) is 1.75. The zero-order valence-corrected chi connectivity index (χ0v) is 9.26. The minimum Gasteiger partial charge on any atom is -0.466 e. The lowest BCUT2D eigenvalue weighted by Gasteiger charge is -2.01. The van der Waals surface area contributed by atoms with E-state index in [0.29, 0.717) is 17.1 Å². The van der Waals surface area contributed by atoms with E-state index >= 15 is 0 Å². The van der Waals surface area contributed by atoms with Gasteiger partial charge in [-0.1, -0.05) is 11.6 Å². The molecule has 0 saturated heterocycles. The molecule has 1 heterocycles. The van der Waals surface area contributed by atoms with Gasteiger partial charge in [0.05, 0.1) is 7.11 Å². The van der Waals surface area contributed by atoms with Crippen molar-refractivity contribution in [2.75, 3.05) is 7.11 Å². The molecule has 3 nitrogen and oxygen atoms in total. The number of hydrogen-bond acceptors (Lipinski definition) is 3. The molecule has 0 unspecified atom stereocenters. The Kier molecular flexibility index (Phi) is 2.49. The number of fused-ring (bicyclic) bond motifs is 1. The summed E-state index contributed by atoms with van der Waals surface area (Å²) >= 11 is 5.98. The second-order valence-corrected chi connectivity index (χ2v) is 3.82. The molecule has 0 N–H and O–H groups in total. The van der Waals surface area contributed by atoms with Crippen molar-refractivity contribution < 1.29 is 9.53 Å². The van der Waals surface area contributed by atoms with Crippen LogP contribution in [0.25, 0.3) is 6.08 Å². The molecule has 0 radical (unpaired) electrons. The number of rotatable bonds is 1. The molecule has 1 aliphatic carbocycles. The quantitative estimate of drug-likeness (QED) is 0.541.